The zero-order valence-electron chi connectivity index (χ0n) is 10.9. The number of nitrogens with zero attached hydrogens (tertiary/aromatic N) is 1. The predicted octanol–water partition coefficient (Wildman–Crippen LogP) is 2.30. The van der Waals surface area contributed by atoms with Gasteiger partial charge in [-0.3, -0.25) is 4.79 Å². The highest BCUT2D eigenvalue weighted by molar-refractivity contribution is 5.96. The number of aliphatic carboxylic acids is 1. The van der Waals surface area contributed by atoms with Gasteiger partial charge in [-0.05, 0) is 49.4 Å². The second kappa shape index (κ2) is 4.67. The molecule has 1 heterocycles. The van der Waals surface area contributed by atoms with Crippen LogP contribution in [-0.4, -0.2) is 26.7 Å². The highest BCUT2D eigenvalue weighted by Crippen LogP contribution is 2.32. The second-order valence-corrected chi connectivity index (χ2v) is 5.15. The fourth-order valence-electron chi connectivity index (χ4n) is 3.08. The molecular weight excluding hydrogens is 258 g/mol. The number of aromatic carboxylic acids is 1. The van der Waals surface area contributed by atoms with E-state index in [2.05, 4.69) is 0 Å². The molecule has 2 aromatic rings. The number of fused-ring (bicyclic) bond motifs is 3. The van der Waals surface area contributed by atoms with Gasteiger partial charge in [-0.15, -0.1) is 0 Å². The monoisotopic (exact) mass is 273 g/mol. The lowest BCUT2D eigenvalue weighted by Gasteiger charge is -2.14. The summed E-state index contributed by atoms with van der Waals surface area (Å²) in [6, 6.07) is 4.93. The Hall–Kier alpha value is -2.30. The third-order valence-electron chi connectivity index (χ3n) is 3.92. The van der Waals surface area contributed by atoms with Crippen LogP contribution in [0, 0.1) is 0 Å². The Morgan fingerprint density at radius 1 is 1.15 bits per heavy atom. The van der Waals surface area contributed by atoms with Crippen LogP contribution in [0.15, 0.2) is 18.2 Å². The van der Waals surface area contributed by atoms with Crippen LogP contribution < -0.4 is 0 Å². The molecule has 0 spiro atoms. The summed E-state index contributed by atoms with van der Waals surface area (Å²) in [5, 5.41) is 19.1. The van der Waals surface area contributed by atoms with Crippen LogP contribution in [0.1, 0.15) is 34.5 Å². The van der Waals surface area contributed by atoms with Gasteiger partial charge in [0.2, 0.25) is 0 Å². The van der Waals surface area contributed by atoms with E-state index in [1.165, 1.54) is 6.07 Å². The minimum Gasteiger partial charge on any atom is -0.480 e. The number of aromatic nitrogens is 1. The molecule has 20 heavy (non-hydrogen) atoms. The van der Waals surface area contributed by atoms with Gasteiger partial charge < -0.3 is 14.8 Å². The number of carboxylic acids is 2. The minimum absolute atomic E-state index is 0.0712. The summed E-state index contributed by atoms with van der Waals surface area (Å²) in [6.45, 7) is -0.0712. The Morgan fingerprint density at radius 2 is 1.90 bits per heavy atom. The number of carbonyl (C=O) groups is 2. The van der Waals surface area contributed by atoms with Crippen molar-refractivity contribution < 1.29 is 19.8 Å². The van der Waals surface area contributed by atoms with E-state index in [1.54, 1.807) is 12.1 Å². The third-order valence-corrected chi connectivity index (χ3v) is 3.92. The van der Waals surface area contributed by atoms with Gasteiger partial charge in [-0.1, -0.05) is 0 Å². The van der Waals surface area contributed by atoms with Crippen molar-refractivity contribution in [2.75, 3.05) is 0 Å². The molecule has 0 saturated carbocycles. The summed E-state index contributed by atoms with van der Waals surface area (Å²) < 4.78 is 1.82. The summed E-state index contributed by atoms with van der Waals surface area (Å²) in [5.41, 5.74) is 3.24. The molecule has 5 heteroatoms. The number of hydrogen-bond donors (Lipinski definition) is 2. The minimum atomic E-state index is -0.956. The van der Waals surface area contributed by atoms with Gasteiger partial charge in [-0.25, -0.2) is 4.79 Å². The first-order chi connectivity index (χ1) is 9.58. The molecule has 0 bridgehead atoms. The van der Waals surface area contributed by atoms with Crippen molar-refractivity contribution in [1.82, 2.24) is 4.57 Å². The molecule has 3 rings (SSSR count). The number of rotatable bonds is 3. The third kappa shape index (κ3) is 1.95. The van der Waals surface area contributed by atoms with Crippen molar-refractivity contribution >= 4 is 22.8 Å². The van der Waals surface area contributed by atoms with E-state index in [4.69, 9.17) is 10.2 Å². The summed E-state index contributed by atoms with van der Waals surface area (Å²) in [4.78, 5) is 22.2. The van der Waals surface area contributed by atoms with Gasteiger partial charge in [-0.2, -0.15) is 0 Å². The molecule has 0 saturated heterocycles. The molecule has 1 aliphatic rings. The van der Waals surface area contributed by atoms with Crippen LogP contribution in [0.25, 0.3) is 10.9 Å². The fraction of sp³-hybridized carbons (Fsp3) is 0.333. The van der Waals surface area contributed by atoms with Crippen molar-refractivity contribution in [2.45, 2.75) is 32.2 Å². The Bertz CT molecular complexity index is 714. The topological polar surface area (TPSA) is 79.5 Å². The zero-order chi connectivity index (χ0) is 14.3. The molecule has 0 fully saturated rings. The molecule has 0 unspecified atom stereocenters. The lowest BCUT2D eigenvalue weighted by Crippen LogP contribution is -2.13. The highest BCUT2D eigenvalue weighted by atomic mass is 16.4. The van der Waals surface area contributed by atoms with E-state index < -0.39 is 11.9 Å². The molecule has 1 aromatic carbocycles. The van der Waals surface area contributed by atoms with E-state index in [1.807, 2.05) is 4.57 Å². The standard InChI is InChI=1S/C15H15NO4/c17-14(18)8-16-12-4-2-1-3-10(12)11-7-9(15(19)20)5-6-13(11)16/h5-7H,1-4,8H2,(H,17,18)(H,19,20). The molecule has 1 aromatic heterocycles. The van der Waals surface area contributed by atoms with Crippen LogP contribution in [0.5, 0.6) is 0 Å². The molecule has 2 N–H and O–H groups in total. The normalized spacial score (nSPS) is 14.2. The average Bonchev–Trinajstić information content (AvgIpc) is 2.73. The van der Waals surface area contributed by atoms with E-state index in [9.17, 15) is 9.59 Å². The molecule has 0 amide bonds. The summed E-state index contributed by atoms with van der Waals surface area (Å²) in [7, 11) is 0. The summed E-state index contributed by atoms with van der Waals surface area (Å²) in [6.07, 6.45) is 3.87. The molecule has 0 atom stereocenters. The second-order valence-electron chi connectivity index (χ2n) is 5.15. The molecule has 5 nitrogen and oxygen atoms in total. The van der Waals surface area contributed by atoms with Gasteiger partial charge in [0.1, 0.15) is 6.54 Å². The molecule has 0 aliphatic heterocycles. The predicted molar refractivity (Wildman–Crippen MR) is 73.2 cm³/mol. The van der Waals surface area contributed by atoms with E-state index in [-0.39, 0.29) is 12.1 Å². The van der Waals surface area contributed by atoms with Crippen molar-refractivity contribution in [3.05, 3.63) is 35.0 Å². The zero-order valence-corrected chi connectivity index (χ0v) is 10.9. The summed E-state index contributed by atoms with van der Waals surface area (Å²) >= 11 is 0. The maximum atomic E-state index is 11.1. The van der Waals surface area contributed by atoms with Crippen molar-refractivity contribution in [3.63, 3.8) is 0 Å². The number of hydrogen-bond acceptors (Lipinski definition) is 2. The maximum absolute atomic E-state index is 11.1. The van der Waals surface area contributed by atoms with Crippen LogP contribution in [0.4, 0.5) is 0 Å². The molecular formula is C15H15NO4. The van der Waals surface area contributed by atoms with E-state index >= 15 is 0 Å². The number of benzene rings is 1. The van der Waals surface area contributed by atoms with Crippen molar-refractivity contribution in [2.24, 2.45) is 0 Å². The van der Waals surface area contributed by atoms with E-state index in [0.717, 1.165) is 47.8 Å². The largest absolute Gasteiger partial charge is 0.480 e. The smallest absolute Gasteiger partial charge is 0.335 e. The fourth-order valence-corrected chi connectivity index (χ4v) is 3.08. The summed E-state index contributed by atoms with van der Waals surface area (Å²) in [5.74, 6) is -1.83. The quantitative estimate of drug-likeness (QED) is 0.899. The SMILES string of the molecule is O=C(O)Cn1c2c(c3cc(C(=O)O)ccc31)CCCC2. The lowest BCUT2D eigenvalue weighted by atomic mass is 9.95. The highest BCUT2D eigenvalue weighted by Gasteiger charge is 2.21. The Labute approximate surface area is 115 Å². The van der Waals surface area contributed by atoms with E-state index in [0.29, 0.717) is 0 Å². The van der Waals surface area contributed by atoms with Gasteiger partial charge in [0, 0.05) is 16.6 Å². The van der Waals surface area contributed by atoms with Gasteiger partial charge in [0.05, 0.1) is 5.56 Å². The van der Waals surface area contributed by atoms with Crippen LogP contribution in [0.2, 0.25) is 0 Å². The number of carboxylic acid groups (broad SMARTS) is 2. The molecule has 104 valence electrons. The number of aryl methyl sites for hydroxylation is 1. The molecule has 0 radical (unpaired) electrons. The van der Waals surface area contributed by atoms with Crippen LogP contribution in [0.3, 0.4) is 0 Å². The maximum Gasteiger partial charge on any atom is 0.335 e. The Kier molecular flexibility index (Phi) is 2.97. The molecule has 1 aliphatic carbocycles. The van der Waals surface area contributed by atoms with Gasteiger partial charge >= 0.3 is 11.9 Å². The van der Waals surface area contributed by atoms with Gasteiger partial charge in [0.25, 0.3) is 0 Å². The first-order valence-corrected chi connectivity index (χ1v) is 6.67. The van der Waals surface area contributed by atoms with Crippen molar-refractivity contribution in [1.29, 1.82) is 0 Å². The first-order valence-electron chi connectivity index (χ1n) is 6.67. The van der Waals surface area contributed by atoms with Crippen LogP contribution in [-0.2, 0) is 24.2 Å². The lowest BCUT2D eigenvalue weighted by molar-refractivity contribution is -0.137. The average molecular weight is 273 g/mol. The Morgan fingerprint density at radius 3 is 2.60 bits per heavy atom. The van der Waals surface area contributed by atoms with Crippen molar-refractivity contribution in [3.8, 4) is 0 Å². The van der Waals surface area contributed by atoms with Gasteiger partial charge in [0.15, 0.2) is 0 Å². The van der Waals surface area contributed by atoms with Crippen LogP contribution >= 0.6 is 0 Å². The Balaban J connectivity index is 2.27. The first kappa shape index (κ1) is 12.7.